The van der Waals surface area contributed by atoms with Gasteiger partial charge in [-0.3, -0.25) is 5.10 Å². The highest BCUT2D eigenvalue weighted by atomic mass is 35.5. The molecule has 3 N–H and O–H groups in total. The largest absolute Gasteiger partial charge is 0.330 e. The molecule has 0 aliphatic heterocycles. The summed E-state index contributed by atoms with van der Waals surface area (Å²) in [4.78, 5) is 0. The van der Waals surface area contributed by atoms with Crippen molar-refractivity contribution < 1.29 is 0 Å². The second kappa shape index (κ2) is 5.47. The van der Waals surface area contributed by atoms with E-state index in [4.69, 9.17) is 5.73 Å². The number of nitrogens with two attached hydrogens (primary N) is 1. The number of aromatic amines is 1. The van der Waals surface area contributed by atoms with Crippen LogP contribution in [0.5, 0.6) is 0 Å². The normalized spacial score (nSPS) is 19.6. The van der Waals surface area contributed by atoms with E-state index in [1.807, 2.05) is 6.20 Å². The van der Waals surface area contributed by atoms with Crippen molar-refractivity contribution in [3.63, 3.8) is 0 Å². The van der Waals surface area contributed by atoms with Gasteiger partial charge in [-0.25, -0.2) is 0 Å². The van der Waals surface area contributed by atoms with Crippen LogP contribution in [0.1, 0.15) is 30.0 Å². The fourth-order valence-electron chi connectivity index (χ4n) is 1.80. The van der Waals surface area contributed by atoms with Crippen LogP contribution in [0.4, 0.5) is 0 Å². The van der Waals surface area contributed by atoms with Gasteiger partial charge in [-0.05, 0) is 37.3 Å². The molecule has 1 aromatic heterocycles. The van der Waals surface area contributed by atoms with Crippen LogP contribution < -0.4 is 5.73 Å². The average Bonchev–Trinajstić information content (AvgIpc) is 2.50. The van der Waals surface area contributed by atoms with Crippen molar-refractivity contribution in [3.05, 3.63) is 17.5 Å². The van der Waals surface area contributed by atoms with Gasteiger partial charge in [0.1, 0.15) is 0 Å². The number of aromatic nitrogens is 2. The molecule has 1 atom stereocenters. The molecule has 1 unspecified atom stereocenters. The van der Waals surface area contributed by atoms with E-state index >= 15 is 0 Å². The summed E-state index contributed by atoms with van der Waals surface area (Å²) in [6.07, 6.45) is 5.54. The zero-order chi connectivity index (χ0) is 7.68. The smallest absolute Gasteiger partial charge is 0.0525 e. The van der Waals surface area contributed by atoms with Gasteiger partial charge in [-0.1, -0.05) is 0 Å². The quantitative estimate of drug-likeness (QED) is 0.761. The van der Waals surface area contributed by atoms with E-state index in [1.165, 1.54) is 24.1 Å². The SMILES string of the molecule is Cl.Cl.NCC1CCCc2[nH]ncc21. The number of nitrogens with one attached hydrogen (secondary N) is 1. The van der Waals surface area contributed by atoms with Crippen molar-refractivity contribution in [2.45, 2.75) is 25.2 Å². The summed E-state index contributed by atoms with van der Waals surface area (Å²) in [6, 6.07) is 0. The number of hydrogen-bond donors (Lipinski definition) is 2. The van der Waals surface area contributed by atoms with Gasteiger partial charge < -0.3 is 5.73 Å². The first-order valence-corrected chi connectivity index (χ1v) is 4.14. The van der Waals surface area contributed by atoms with Gasteiger partial charge in [-0.15, -0.1) is 24.8 Å². The number of rotatable bonds is 1. The maximum absolute atomic E-state index is 5.64. The van der Waals surface area contributed by atoms with E-state index in [0.29, 0.717) is 5.92 Å². The number of halogens is 2. The highest BCUT2D eigenvalue weighted by Crippen LogP contribution is 2.28. The van der Waals surface area contributed by atoms with Crippen LogP contribution in [0.25, 0.3) is 0 Å². The Labute approximate surface area is 90.3 Å². The summed E-state index contributed by atoms with van der Waals surface area (Å²) < 4.78 is 0. The third kappa shape index (κ3) is 2.36. The molecular formula is C8H15Cl2N3. The molecule has 0 bridgehead atoms. The van der Waals surface area contributed by atoms with E-state index in [1.54, 1.807) is 0 Å². The molecule has 0 spiro atoms. The van der Waals surface area contributed by atoms with Gasteiger partial charge >= 0.3 is 0 Å². The molecule has 5 heteroatoms. The Morgan fingerprint density at radius 3 is 3.00 bits per heavy atom. The van der Waals surface area contributed by atoms with Gasteiger partial charge in [0, 0.05) is 5.69 Å². The van der Waals surface area contributed by atoms with Gasteiger partial charge in [0.2, 0.25) is 0 Å². The monoisotopic (exact) mass is 223 g/mol. The molecule has 0 fully saturated rings. The first-order chi connectivity index (χ1) is 5.42. The van der Waals surface area contributed by atoms with Crippen LogP contribution in [-0.4, -0.2) is 16.7 Å². The molecular weight excluding hydrogens is 209 g/mol. The average molecular weight is 224 g/mol. The Hall–Kier alpha value is -0.250. The van der Waals surface area contributed by atoms with Gasteiger partial charge in [0.05, 0.1) is 6.20 Å². The molecule has 0 saturated heterocycles. The van der Waals surface area contributed by atoms with Gasteiger partial charge in [0.25, 0.3) is 0 Å². The van der Waals surface area contributed by atoms with Gasteiger partial charge in [-0.2, -0.15) is 5.10 Å². The minimum atomic E-state index is 0. The lowest BCUT2D eigenvalue weighted by Crippen LogP contribution is -2.17. The van der Waals surface area contributed by atoms with Crippen molar-refractivity contribution in [1.82, 2.24) is 10.2 Å². The van der Waals surface area contributed by atoms with Crippen LogP contribution in [-0.2, 0) is 6.42 Å². The fraction of sp³-hybridized carbons (Fsp3) is 0.625. The van der Waals surface area contributed by atoms with E-state index < -0.39 is 0 Å². The highest BCUT2D eigenvalue weighted by molar-refractivity contribution is 5.85. The Kier molecular flexibility index (Phi) is 5.37. The predicted molar refractivity (Wildman–Crippen MR) is 57.8 cm³/mol. The van der Waals surface area contributed by atoms with Crippen LogP contribution in [0.2, 0.25) is 0 Å². The van der Waals surface area contributed by atoms with E-state index in [9.17, 15) is 0 Å². The summed E-state index contributed by atoms with van der Waals surface area (Å²) >= 11 is 0. The minimum absolute atomic E-state index is 0. The van der Waals surface area contributed by atoms with E-state index in [2.05, 4.69) is 10.2 Å². The first-order valence-electron chi connectivity index (χ1n) is 4.14. The van der Waals surface area contributed by atoms with E-state index in [0.717, 1.165) is 13.0 Å². The summed E-state index contributed by atoms with van der Waals surface area (Å²) in [5.41, 5.74) is 8.28. The molecule has 0 aromatic carbocycles. The molecule has 2 rings (SSSR count). The molecule has 13 heavy (non-hydrogen) atoms. The third-order valence-electron chi connectivity index (χ3n) is 2.46. The zero-order valence-corrected chi connectivity index (χ0v) is 8.96. The van der Waals surface area contributed by atoms with Crippen molar-refractivity contribution >= 4 is 24.8 Å². The minimum Gasteiger partial charge on any atom is -0.330 e. The van der Waals surface area contributed by atoms with Crippen LogP contribution in [0.3, 0.4) is 0 Å². The zero-order valence-electron chi connectivity index (χ0n) is 7.32. The maximum Gasteiger partial charge on any atom is 0.0525 e. The fourth-order valence-corrected chi connectivity index (χ4v) is 1.80. The van der Waals surface area contributed by atoms with Crippen LogP contribution in [0, 0.1) is 0 Å². The molecule has 0 amide bonds. The number of H-pyrrole nitrogens is 1. The number of aryl methyl sites for hydroxylation is 1. The number of nitrogens with zero attached hydrogens (tertiary/aromatic N) is 1. The van der Waals surface area contributed by atoms with Crippen LogP contribution in [0.15, 0.2) is 6.20 Å². The highest BCUT2D eigenvalue weighted by Gasteiger charge is 2.19. The van der Waals surface area contributed by atoms with Crippen molar-refractivity contribution in [3.8, 4) is 0 Å². The Balaban J connectivity index is 0.000000720. The third-order valence-corrected chi connectivity index (χ3v) is 2.46. The molecule has 76 valence electrons. The summed E-state index contributed by atoms with van der Waals surface area (Å²) in [5, 5.41) is 7.04. The Bertz CT molecular complexity index is 249. The number of hydrogen-bond acceptors (Lipinski definition) is 2. The topological polar surface area (TPSA) is 54.7 Å². The lowest BCUT2D eigenvalue weighted by Gasteiger charge is -2.19. The molecule has 1 aromatic rings. The second-order valence-corrected chi connectivity index (χ2v) is 3.13. The summed E-state index contributed by atoms with van der Waals surface area (Å²) in [7, 11) is 0. The lowest BCUT2D eigenvalue weighted by atomic mass is 9.87. The molecule has 0 radical (unpaired) electrons. The second-order valence-electron chi connectivity index (χ2n) is 3.13. The standard InChI is InChI=1S/C8H13N3.2ClH/c9-4-6-2-1-3-8-7(6)5-10-11-8;;/h5-6H,1-4,9H2,(H,10,11);2*1H. The summed E-state index contributed by atoms with van der Waals surface area (Å²) in [5.74, 6) is 0.553. The molecule has 1 heterocycles. The van der Waals surface area contributed by atoms with Crippen molar-refractivity contribution in [2.24, 2.45) is 5.73 Å². The van der Waals surface area contributed by atoms with Crippen LogP contribution >= 0.6 is 24.8 Å². The first kappa shape index (κ1) is 12.8. The predicted octanol–water partition coefficient (Wildman–Crippen LogP) is 1.63. The molecule has 0 saturated carbocycles. The molecule has 3 nitrogen and oxygen atoms in total. The molecule has 1 aliphatic rings. The Morgan fingerprint density at radius 2 is 2.31 bits per heavy atom. The maximum atomic E-state index is 5.64. The van der Waals surface area contributed by atoms with E-state index in [-0.39, 0.29) is 24.8 Å². The number of fused-ring (bicyclic) bond motifs is 1. The van der Waals surface area contributed by atoms with Gasteiger partial charge in [0.15, 0.2) is 0 Å². The Morgan fingerprint density at radius 1 is 1.54 bits per heavy atom. The van der Waals surface area contributed by atoms with Crippen molar-refractivity contribution in [1.29, 1.82) is 0 Å². The summed E-state index contributed by atoms with van der Waals surface area (Å²) in [6.45, 7) is 0.756. The lowest BCUT2D eigenvalue weighted by molar-refractivity contribution is 0.557. The van der Waals surface area contributed by atoms with Crippen molar-refractivity contribution in [2.75, 3.05) is 6.54 Å². The molecule has 1 aliphatic carbocycles.